The zero-order valence-corrected chi connectivity index (χ0v) is 18.6. The van der Waals surface area contributed by atoms with Gasteiger partial charge in [-0.2, -0.15) is 0 Å². The Morgan fingerprint density at radius 1 is 1.17 bits per heavy atom. The van der Waals surface area contributed by atoms with Gasteiger partial charge in [-0.25, -0.2) is 4.39 Å². The Bertz CT molecular complexity index is 716. The van der Waals surface area contributed by atoms with Crippen molar-refractivity contribution in [1.29, 1.82) is 0 Å². The standard InChI is InChI=1S/C24H35FO4/c1-15-13-19(25)11-12-20(15)22(18-9-7-8-10-18)17(3)28-23(27)16(2)14-21(26)29-24(4,5)6/h11-13,16-18,22H,7-10,14H2,1-6H3/t16-,17+,22-/m1/s1. The van der Waals surface area contributed by atoms with Crippen molar-refractivity contribution < 1.29 is 23.5 Å². The normalized spacial score (nSPS) is 18.2. The summed E-state index contributed by atoms with van der Waals surface area (Å²) in [5.74, 6) is -1.21. The first-order valence-corrected chi connectivity index (χ1v) is 10.7. The first-order chi connectivity index (χ1) is 13.5. The van der Waals surface area contributed by atoms with E-state index in [0.717, 1.165) is 36.8 Å². The topological polar surface area (TPSA) is 52.6 Å². The van der Waals surface area contributed by atoms with Gasteiger partial charge in [-0.15, -0.1) is 0 Å². The van der Waals surface area contributed by atoms with Gasteiger partial charge >= 0.3 is 11.9 Å². The summed E-state index contributed by atoms with van der Waals surface area (Å²) in [6.07, 6.45) is 4.13. The summed E-state index contributed by atoms with van der Waals surface area (Å²) >= 11 is 0. The molecule has 4 nitrogen and oxygen atoms in total. The van der Waals surface area contributed by atoms with Crippen molar-refractivity contribution in [3.63, 3.8) is 0 Å². The fourth-order valence-electron chi connectivity index (χ4n) is 4.31. The molecule has 0 bridgehead atoms. The minimum atomic E-state index is -0.582. The number of halogens is 1. The third-order valence-corrected chi connectivity index (χ3v) is 5.60. The van der Waals surface area contributed by atoms with Crippen molar-refractivity contribution in [2.45, 2.75) is 91.3 Å². The number of ether oxygens (including phenoxy) is 2. The average molecular weight is 407 g/mol. The summed E-state index contributed by atoms with van der Waals surface area (Å²) in [4.78, 5) is 24.7. The number of rotatable bonds is 7. The second kappa shape index (κ2) is 9.73. The van der Waals surface area contributed by atoms with Crippen LogP contribution in [0.3, 0.4) is 0 Å². The van der Waals surface area contributed by atoms with E-state index in [1.165, 1.54) is 12.1 Å². The molecule has 29 heavy (non-hydrogen) atoms. The number of carbonyl (C=O) groups excluding carboxylic acids is 2. The lowest BCUT2D eigenvalue weighted by Gasteiger charge is -2.31. The summed E-state index contributed by atoms with van der Waals surface area (Å²) in [5.41, 5.74) is 1.34. The molecule has 0 amide bonds. The Labute approximate surface area is 174 Å². The third-order valence-electron chi connectivity index (χ3n) is 5.60. The van der Waals surface area contributed by atoms with Gasteiger partial charge in [0.05, 0.1) is 12.3 Å². The average Bonchev–Trinajstić information content (AvgIpc) is 3.09. The highest BCUT2D eigenvalue weighted by molar-refractivity contribution is 5.80. The molecule has 162 valence electrons. The van der Waals surface area contributed by atoms with Gasteiger partial charge in [0.2, 0.25) is 0 Å². The van der Waals surface area contributed by atoms with Crippen LogP contribution in [0.2, 0.25) is 0 Å². The Balaban J connectivity index is 2.09. The predicted molar refractivity (Wildman–Crippen MR) is 111 cm³/mol. The maximum absolute atomic E-state index is 13.6. The summed E-state index contributed by atoms with van der Waals surface area (Å²) in [7, 11) is 0. The van der Waals surface area contributed by atoms with Crippen molar-refractivity contribution in [2.75, 3.05) is 0 Å². The summed E-state index contributed by atoms with van der Waals surface area (Å²) < 4.78 is 24.7. The molecular formula is C24H35FO4. The largest absolute Gasteiger partial charge is 0.462 e. The van der Waals surface area contributed by atoms with Gasteiger partial charge in [0.25, 0.3) is 0 Å². The number of hydrogen-bond donors (Lipinski definition) is 0. The molecule has 0 aliphatic heterocycles. The van der Waals surface area contributed by atoms with Gasteiger partial charge < -0.3 is 9.47 Å². The van der Waals surface area contributed by atoms with Crippen molar-refractivity contribution >= 4 is 11.9 Å². The smallest absolute Gasteiger partial charge is 0.309 e. The lowest BCUT2D eigenvalue weighted by Crippen LogP contribution is -2.31. The molecule has 1 aliphatic rings. The molecule has 0 N–H and O–H groups in total. The van der Waals surface area contributed by atoms with Crippen molar-refractivity contribution in [3.8, 4) is 0 Å². The molecule has 0 saturated heterocycles. The van der Waals surface area contributed by atoms with Crippen LogP contribution < -0.4 is 0 Å². The minimum Gasteiger partial charge on any atom is -0.462 e. The highest BCUT2D eigenvalue weighted by Gasteiger charge is 2.34. The monoisotopic (exact) mass is 406 g/mol. The van der Waals surface area contributed by atoms with Crippen LogP contribution in [0.15, 0.2) is 18.2 Å². The zero-order chi connectivity index (χ0) is 21.8. The fourth-order valence-corrected chi connectivity index (χ4v) is 4.31. The molecule has 0 radical (unpaired) electrons. The first kappa shape index (κ1) is 23.4. The first-order valence-electron chi connectivity index (χ1n) is 10.7. The Morgan fingerprint density at radius 3 is 2.34 bits per heavy atom. The molecule has 1 fully saturated rings. The van der Waals surface area contributed by atoms with Crippen LogP contribution in [0.4, 0.5) is 4.39 Å². The second-order valence-corrected chi connectivity index (χ2v) is 9.40. The molecule has 5 heteroatoms. The van der Waals surface area contributed by atoms with Gasteiger partial charge in [0, 0.05) is 5.92 Å². The van der Waals surface area contributed by atoms with E-state index in [-0.39, 0.29) is 24.3 Å². The van der Waals surface area contributed by atoms with Crippen LogP contribution in [0.25, 0.3) is 0 Å². The van der Waals surface area contributed by atoms with Crippen LogP contribution in [0, 0.1) is 24.6 Å². The predicted octanol–water partition coefficient (Wildman–Crippen LogP) is 5.71. The molecule has 0 aromatic heterocycles. The molecule has 1 saturated carbocycles. The third kappa shape index (κ3) is 6.83. The summed E-state index contributed by atoms with van der Waals surface area (Å²) in [6, 6.07) is 4.84. The summed E-state index contributed by atoms with van der Waals surface area (Å²) in [5, 5.41) is 0. The molecule has 0 spiro atoms. The molecule has 0 unspecified atom stereocenters. The van der Waals surface area contributed by atoms with E-state index in [0.29, 0.717) is 5.92 Å². The highest BCUT2D eigenvalue weighted by Crippen LogP contribution is 2.41. The Hall–Kier alpha value is -1.91. The molecular weight excluding hydrogens is 371 g/mol. The molecule has 2 rings (SSSR count). The van der Waals surface area contributed by atoms with Crippen LogP contribution in [0.5, 0.6) is 0 Å². The quantitative estimate of drug-likeness (QED) is 0.545. The van der Waals surface area contributed by atoms with E-state index in [2.05, 4.69) is 0 Å². The van der Waals surface area contributed by atoms with E-state index in [9.17, 15) is 14.0 Å². The fraction of sp³-hybridized carbons (Fsp3) is 0.667. The van der Waals surface area contributed by atoms with Gasteiger partial charge in [0.1, 0.15) is 17.5 Å². The van der Waals surface area contributed by atoms with E-state index in [4.69, 9.17) is 9.47 Å². The number of esters is 2. The summed E-state index contributed by atoms with van der Waals surface area (Å²) in [6.45, 7) is 10.9. The maximum atomic E-state index is 13.6. The Kier molecular flexibility index (Phi) is 7.84. The van der Waals surface area contributed by atoms with Crippen molar-refractivity contribution in [3.05, 3.63) is 35.1 Å². The van der Waals surface area contributed by atoms with Gasteiger partial charge in [-0.05, 0) is 76.6 Å². The van der Waals surface area contributed by atoms with Crippen molar-refractivity contribution in [1.82, 2.24) is 0 Å². The van der Waals surface area contributed by atoms with E-state index >= 15 is 0 Å². The van der Waals surface area contributed by atoms with Crippen LogP contribution in [0.1, 0.15) is 83.8 Å². The molecule has 3 atom stereocenters. The number of benzene rings is 1. The minimum absolute atomic E-state index is 0.00745. The van der Waals surface area contributed by atoms with E-state index < -0.39 is 23.5 Å². The maximum Gasteiger partial charge on any atom is 0.309 e. The van der Waals surface area contributed by atoms with Gasteiger partial charge in [-0.1, -0.05) is 25.8 Å². The molecule has 0 heterocycles. The van der Waals surface area contributed by atoms with Gasteiger partial charge in [0.15, 0.2) is 0 Å². The lowest BCUT2D eigenvalue weighted by molar-refractivity contribution is -0.163. The number of hydrogen-bond acceptors (Lipinski definition) is 4. The highest BCUT2D eigenvalue weighted by atomic mass is 19.1. The van der Waals surface area contributed by atoms with Crippen LogP contribution in [-0.4, -0.2) is 23.6 Å². The van der Waals surface area contributed by atoms with E-state index in [1.807, 2.05) is 19.9 Å². The molecule has 1 aliphatic carbocycles. The molecule has 1 aromatic rings. The zero-order valence-electron chi connectivity index (χ0n) is 18.6. The second-order valence-electron chi connectivity index (χ2n) is 9.40. The number of aryl methyl sites for hydroxylation is 1. The SMILES string of the molecule is Cc1cc(F)ccc1[C@@H](C1CCCC1)[C@H](C)OC(=O)[C@H](C)CC(=O)OC(C)(C)C. The van der Waals surface area contributed by atoms with Gasteiger partial charge in [-0.3, -0.25) is 9.59 Å². The lowest BCUT2D eigenvalue weighted by atomic mass is 9.79. The van der Waals surface area contributed by atoms with E-state index in [1.54, 1.807) is 27.7 Å². The van der Waals surface area contributed by atoms with Crippen LogP contribution >= 0.6 is 0 Å². The Morgan fingerprint density at radius 2 is 1.79 bits per heavy atom. The van der Waals surface area contributed by atoms with Crippen LogP contribution in [-0.2, 0) is 19.1 Å². The molecule has 1 aromatic carbocycles. The van der Waals surface area contributed by atoms with Crippen molar-refractivity contribution in [2.24, 2.45) is 11.8 Å². The number of carbonyl (C=O) groups is 2.